The summed E-state index contributed by atoms with van der Waals surface area (Å²) < 4.78 is 7.45. The minimum Gasteiger partial charge on any atom is -0.497 e. The fourth-order valence-electron chi connectivity index (χ4n) is 2.73. The molecule has 1 atom stereocenters. The zero-order chi connectivity index (χ0) is 14.8. The van der Waals surface area contributed by atoms with Gasteiger partial charge in [0, 0.05) is 30.7 Å². The molecule has 0 radical (unpaired) electrons. The highest BCUT2D eigenvalue weighted by Gasteiger charge is 2.25. The fourth-order valence-corrected chi connectivity index (χ4v) is 3.09. The van der Waals surface area contributed by atoms with Crippen molar-refractivity contribution in [1.29, 1.82) is 0 Å². The number of hydrogen-bond donors (Lipinski definition) is 1. The third-order valence-electron chi connectivity index (χ3n) is 3.94. The zero-order valence-electron chi connectivity index (χ0n) is 12.2. The van der Waals surface area contributed by atoms with Crippen molar-refractivity contribution in [3.63, 3.8) is 0 Å². The van der Waals surface area contributed by atoms with Crippen LogP contribution in [-0.4, -0.2) is 28.2 Å². The molecule has 1 N–H and O–H groups in total. The summed E-state index contributed by atoms with van der Waals surface area (Å²) in [4.78, 5) is 2.23. The van der Waals surface area contributed by atoms with Gasteiger partial charge in [-0.2, -0.15) is 0 Å². The molecule has 1 aliphatic rings. The first kappa shape index (κ1) is 13.9. The van der Waals surface area contributed by atoms with Gasteiger partial charge in [0.1, 0.15) is 5.75 Å². The number of nitrogens with one attached hydrogen (secondary N) is 1. The van der Waals surface area contributed by atoms with E-state index in [0.717, 1.165) is 29.6 Å². The van der Waals surface area contributed by atoms with Gasteiger partial charge in [-0.3, -0.25) is 0 Å². The van der Waals surface area contributed by atoms with Crippen LogP contribution in [0.5, 0.6) is 5.75 Å². The van der Waals surface area contributed by atoms with E-state index in [4.69, 9.17) is 17.0 Å². The molecule has 0 saturated carbocycles. The molecule has 0 fully saturated rings. The standard InChI is InChI=1S/C16H19N3OS/c1-12-15-4-3-9-18(15)10-11-19(12)16(21)17-13-5-7-14(20-2)8-6-13/h3-9,12H,10-11H2,1-2H3,(H,17,21). The van der Waals surface area contributed by atoms with Gasteiger partial charge in [0.15, 0.2) is 5.11 Å². The number of aromatic nitrogens is 1. The molecule has 0 spiro atoms. The number of methoxy groups -OCH3 is 1. The average Bonchev–Trinajstić information content (AvgIpc) is 2.98. The monoisotopic (exact) mass is 301 g/mol. The van der Waals surface area contributed by atoms with Crippen LogP contribution in [0.4, 0.5) is 5.69 Å². The quantitative estimate of drug-likeness (QED) is 0.862. The molecule has 2 heterocycles. The van der Waals surface area contributed by atoms with Crippen LogP contribution in [0.1, 0.15) is 18.7 Å². The highest BCUT2D eigenvalue weighted by molar-refractivity contribution is 7.80. The summed E-state index contributed by atoms with van der Waals surface area (Å²) in [5, 5.41) is 4.07. The Morgan fingerprint density at radius 3 is 2.71 bits per heavy atom. The van der Waals surface area contributed by atoms with E-state index < -0.39 is 0 Å². The van der Waals surface area contributed by atoms with Crippen molar-refractivity contribution in [2.75, 3.05) is 19.0 Å². The Morgan fingerprint density at radius 1 is 1.24 bits per heavy atom. The zero-order valence-corrected chi connectivity index (χ0v) is 13.1. The predicted molar refractivity (Wildman–Crippen MR) is 88.8 cm³/mol. The molecule has 0 bridgehead atoms. The minimum atomic E-state index is 0.284. The summed E-state index contributed by atoms with van der Waals surface area (Å²) >= 11 is 5.57. The summed E-state index contributed by atoms with van der Waals surface area (Å²) in [6.07, 6.45) is 2.13. The maximum absolute atomic E-state index is 5.57. The Kier molecular flexibility index (Phi) is 3.84. The molecular formula is C16H19N3OS. The van der Waals surface area contributed by atoms with Crippen LogP contribution in [0, 0.1) is 0 Å². The first-order valence-corrected chi connectivity index (χ1v) is 7.46. The number of fused-ring (bicyclic) bond motifs is 1. The van der Waals surface area contributed by atoms with Crippen LogP contribution < -0.4 is 10.1 Å². The molecule has 1 aromatic heterocycles. The molecule has 1 aromatic carbocycles. The summed E-state index contributed by atoms with van der Waals surface area (Å²) in [5.41, 5.74) is 2.29. The van der Waals surface area contributed by atoms with E-state index in [1.807, 2.05) is 24.3 Å². The van der Waals surface area contributed by atoms with E-state index in [1.54, 1.807) is 7.11 Å². The van der Waals surface area contributed by atoms with Crippen molar-refractivity contribution in [2.45, 2.75) is 19.5 Å². The number of rotatable bonds is 2. The second-order valence-electron chi connectivity index (χ2n) is 5.15. The highest BCUT2D eigenvalue weighted by atomic mass is 32.1. The minimum absolute atomic E-state index is 0.284. The maximum Gasteiger partial charge on any atom is 0.174 e. The lowest BCUT2D eigenvalue weighted by Gasteiger charge is -2.36. The van der Waals surface area contributed by atoms with Gasteiger partial charge < -0.3 is 19.5 Å². The molecular weight excluding hydrogens is 282 g/mol. The molecule has 1 aliphatic heterocycles. The topological polar surface area (TPSA) is 29.4 Å². The first-order chi connectivity index (χ1) is 10.2. The molecule has 0 aliphatic carbocycles. The van der Waals surface area contributed by atoms with E-state index >= 15 is 0 Å². The normalized spacial score (nSPS) is 17.2. The predicted octanol–water partition coefficient (Wildman–Crippen LogP) is 3.27. The highest BCUT2D eigenvalue weighted by Crippen LogP contribution is 2.26. The van der Waals surface area contributed by atoms with E-state index in [9.17, 15) is 0 Å². The van der Waals surface area contributed by atoms with E-state index in [1.165, 1.54) is 5.69 Å². The van der Waals surface area contributed by atoms with Gasteiger partial charge in [-0.25, -0.2) is 0 Å². The second kappa shape index (κ2) is 5.77. The first-order valence-electron chi connectivity index (χ1n) is 7.06. The Labute approximate surface area is 130 Å². The summed E-state index contributed by atoms with van der Waals surface area (Å²) in [6.45, 7) is 4.08. The van der Waals surface area contributed by atoms with Gasteiger partial charge in [0.25, 0.3) is 0 Å². The molecule has 1 unspecified atom stereocenters. The molecule has 0 amide bonds. The molecule has 5 heteroatoms. The molecule has 4 nitrogen and oxygen atoms in total. The van der Waals surface area contributed by atoms with Crippen LogP contribution in [-0.2, 0) is 6.54 Å². The van der Waals surface area contributed by atoms with Crippen LogP contribution >= 0.6 is 12.2 Å². The van der Waals surface area contributed by atoms with Crippen molar-refractivity contribution in [3.05, 3.63) is 48.3 Å². The Bertz CT molecular complexity index is 635. The molecule has 110 valence electrons. The van der Waals surface area contributed by atoms with Crippen LogP contribution in [0.15, 0.2) is 42.6 Å². The van der Waals surface area contributed by atoms with Crippen molar-refractivity contribution in [3.8, 4) is 5.75 Å². The van der Waals surface area contributed by atoms with Gasteiger partial charge in [0.05, 0.1) is 13.2 Å². The Balaban J connectivity index is 1.71. The SMILES string of the molecule is COc1ccc(NC(=S)N2CCn3cccc3C2C)cc1. The third kappa shape index (κ3) is 2.74. The van der Waals surface area contributed by atoms with Gasteiger partial charge in [-0.05, 0) is 55.5 Å². The van der Waals surface area contributed by atoms with Crippen molar-refractivity contribution >= 4 is 23.0 Å². The summed E-state index contributed by atoms with van der Waals surface area (Å²) in [6, 6.07) is 12.3. The molecule has 3 rings (SSSR count). The smallest absolute Gasteiger partial charge is 0.174 e. The molecule has 21 heavy (non-hydrogen) atoms. The van der Waals surface area contributed by atoms with Crippen LogP contribution in [0.25, 0.3) is 0 Å². The second-order valence-corrected chi connectivity index (χ2v) is 5.54. The van der Waals surface area contributed by atoms with Crippen molar-refractivity contribution < 1.29 is 4.74 Å². The number of ether oxygens (including phenoxy) is 1. The van der Waals surface area contributed by atoms with Gasteiger partial charge in [0.2, 0.25) is 0 Å². The third-order valence-corrected chi connectivity index (χ3v) is 4.28. The lowest BCUT2D eigenvalue weighted by Crippen LogP contribution is -2.42. The molecule has 2 aromatic rings. The fraction of sp³-hybridized carbons (Fsp3) is 0.312. The van der Waals surface area contributed by atoms with Crippen LogP contribution in [0.3, 0.4) is 0 Å². The number of hydrogen-bond acceptors (Lipinski definition) is 2. The summed E-state index contributed by atoms with van der Waals surface area (Å²) in [5.74, 6) is 0.843. The van der Waals surface area contributed by atoms with E-state index in [-0.39, 0.29) is 6.04 Å². The van der Waals surface area contributed by atoms with E-state index in [0.29, 0.717) is 0 Å². The largest absolute Gasteiger partial charge is 0.497 e. The Morgan fingerprint density at radius 2 is 2.00 bits per heavy atom. The van der Waals surface area contributed by atoms with Crippen LogP contribution in [0.2, 0.25) is 0 Å². The lowest BCUT2D eigenvalue weighted by atomic mass is 10.1. The van der Waals surface area contributed by atoms with Crippen molar-refractivity contribution in [2.24, 2.45) is 0 Å². The average molecular weight is 301 g/mol. The van der Waals surface area contributed by atoms with Crippen molar-refractivity contribution in [1.82, 2.24) is 9.47 Å². The maximum atomic E-state index is 5.57. The number of thiocarbonyl (C=S) groups is 1. The molecule has 0 saturated heterocycles. The number of nitrogens with zero attached hydrogens (tertiary/aromatic N) is 2. The lowest BCUT2D eigenvalue weighted by molar-refractivity contribution is 0.276. The van der Waals surface area contributed by atoms with Gasteiger partial charge >= 0.3 is 0 Å². The number of anilines is 1. The number of benzene rings is 1. The Hall–Kier alpha value is -2.01. The van der Waals surface area contributed by atoms with Gasteiger partial charge in [-0.1, -0.05) is 0 Å². The van der Waals surface area contributed by atoms with Gasteiger partial charge in [-0.15, -0.1) is 0 Å². The summed E-state index contributed by atoms with van der Waals surface area (Å²) in [7, 11) is 1.66. The van der Waals surface area contributed by atoms with E-state index in [2.05, 4.69) is 40.0 Å².